The minimum Gasteiger partial charge on any atom is -0.478 e. The van der Waals surface area contributed by atoms with Crippen molar-refractivity contribution in [2.75, 3.05) is 6.61 Å². The van der Waals surface area contributed by atoms with E-state index in [2.05, 4.69) is 27.7 Å². The highest BCUT2D eigenvalue weighted by atomic mass is 16.4. The lowest BCUT2D eigenvalue weighted by Crippen LogP contribution is -2.51. The molecule has 2 N–H and O–H groups in total. The first-order chi connectivity index (χ1) is 10.8. The predicted octanol–water partition coefficient (Wildman–Crippen LogP) is 4.65. The molecule has 132 valence electrons. The van der Waals surface area contributed by atoms with Crippen LogP contribution in [0.2, 0.25) is 0 Å². The normalized spacial score (nSPS) is 38.6. The van der Waals surface area contributed by atoms with Gasteiger partial charge in [0.05, 0.1) is 0 Å². The minimum atomic E-state index is -0.720. The molecule has 0 aromatic carbocycles. The maximum atomic E-state index is 11.8. The van der Waals surface area contributed by atoms with Crippen LogP contribution in [0.4, 0.5) is 0 Å². The maximum absolute atomic E-state index is 11.8. The molecule has 2 rings (SSSR count). The molecule has 3 nitrogen and oxygen atoms in total. The summed E-state index contributed by atoms with van der Waals surface area (Å²) in [5.41, 5.74) is 0.687. The van der Waals surface area contributed by atoms with E-state index in [-0.39, 0.29) is 17.4 Å². The van der Waals surface area contributed by atoms with E-state index in [0.717, 1.165) is 44.9 Å². The van der Waals surface area contributed by atoms with Crippen LogP contribution >= 0.6 is 0 Å². The molecule has 0 radical (unpaired) electrons. The van der Waals surface area contributed by atoms with Gasteiger partial charge >= 0.3 is 5.97 Å². The molecule has 2 aliphatic rings. The molecule has 1 saturated carbocycles. The SMILES string of the molecule is CC(CCO)CCC1(C)C(C)CCC2(C)C(C(=O)O)=CCCC21. The molecular weight excluding hydrogens is 288 g/mol. The summed E-state index contributed by atoms with van der Waals surface area (Å²) in [6.45, 7) is 9.43. The number of carboxylic acids is 1. The molecule has 0 amide bonds. The van der Waals surface area contributed by atoms with Gasteiger partial charge in [-0.05, 0) is 61.7 Å². The van der Waals surface area contributed by atoms with Gasteiger partial charge < -0.3 is 10.2 Å². The second-order valence-corrected chi connectivity index (χ2v) is 8.57. The molecule has 0 bridgehead atoms. The first-order valence-corrected chi connectivity index (χ1v) is 9.30. The largest absolute Gasteiger partial charge is 0.478 e. The molecule has 2 aliphatic carbocycles. The van der Waals surface area contributed by atoms with Gasteiger partial charge in [-0.25, -0.2) is 4.79 Å². The van der Waals surface area contributed by atoms with Gasteiger partial charge in [-0.1, -0.05) is 40.2 Å². The summed E-state index contributed by atoms with van der Waals surface area (Å²) < 4.78 is 0. The molecule has 5 atom stereocenters. The van der Waals surface area contributed by atoms with Gasteiger partial charge in [0.1, 0.15) is 0 Å². The standard InChI is InChI=1S/C20H34O3/c1-14(10-13-21)8-11-19(3)15(2)9-12-20(4)16(18(22)23)6-5-7-17(19)20/h6,14-15,17,21H,5,7-13H2,1-4H3,(H,22,23). The minimum absolute atomic E-state index is 0.175. The fraction of sp³-hybridized carbons (Fsp3) is 0.850. The average molecular weight is 322 g/mol. The van der Waals surface area contributed by atoms with Crippen molar-refractivity contribution in [3.05, 3.63) is 11.6 Å². The number of fused-ring (bicyclic) bond motifs is 1. The molecule has 1 fully saturated rings. The van der Waals surface area contributed by atoms with E-state index < -0.39 is 5.97 Å². The van der Waals surface area contributed by atoms with Gasteiger partial charge in [-0.3, -0.25) is 0 Å². The Kier molecular flexibility index (Phi) is 5.60. The highest BCUT2D eigenvalue weighted by Gasteiger charge is 2.55. The summed E-state index contributed by atoms with van der Waals surface area (Å²) in [5.74, 6) is 0.907. The average Bonchev–Trinajstić information content (AvgIpc) is 2.49. The highest BCUT2D eigenvalue weighted by Crippen LogP contribution is 2.62. The molecule has 0 aliphatic heterocycles. The van der Waals surface area contributed by atoms with E-state index in [1.807, 2.05) is 6.08 Å². The molecule has 0 saturated heterocycles. The van der Waals surface area contributed by atoms with Crippen LogP contribution in [0.25, 0.3) is 0 Å². The van der Waals surface area contributed by atoms with Crippen molar-refractivity contribution in [2.24, 2.45) is 28.6 Å². The molecule has 0 heterocycles. The van der Waals surface area contributed by atoms with E-state index in [9.17, 15) is 9.90 Å². The lowest BCUT2D eigenvalue weighted by Gasteiger charge is -2.57. The Labute approximate surface area is 141 Å². The number of hydrogen-bond donors (Lipinski definition) is 2. The second kappa shape index (κ2) is 6.96. The van der Waals surface area contributed by atoms with E-state index in [4.69, 9.17) is 5.11 Å². The van der Waals surface area contributed by atoms with E-state index in [1.54, 1.807) is 0 Å². The van der Waals surface area contributed by atoms with Crippen LogP contribution in [0.1, 0.15) is 72.6 Å². The van der Waals surface area contributed by atoms with Crippen molar-refractivity contribution in [1.82, 2.24) is 0 Å². The molecule has 3 heteroatoms. The molecule has 23 heavy (non-hydrogen) atoms. The van der Waals surface area contributed by atoms with Gasteiger partial charge in [-0.15, -0.1) is 0 Å². The van der Waals surface area contributed by atoms with Crippen molar-refractivity contribution in [1.29, 1.82) is 0 Å². The van der Waals surface area contributed by atoms with Gasteiger partial charge in [-0.2, -0.15) is 0 Å². The Bertz CT molecular complexity index is 470. The molecule has 0 aromatic rings. The lowest BCUT2D eigenvalue weighted by molar-refractivity contribution is -0.137. The van der Waals surface area contributed by atoms with Gasteiger partial charge in [0, 0.05) is 17.6 Å². The Balaban J connectivity index is 2.25. The predicted molar refractivity (Wildman–Crippen MR) is 93.2 cm³/mol. The third-order valence-electron chi connectivity index (χ3n) is 7.23. The Morgan fingerprint density at radius 2 is 2.04 bits per heavy atom. The first-order valence-electron chi connectivity index (χ1n) is 9.30. The Morgan fingerprint density at radius 3 is 2.65 bits per heavy atom. The maximum Gasteiger partial charge on any atom is 0.331 e. The third-order valence-corrected chi connectivity index (χ3v) is 7.23. The fourth-order valence-corrected chi connectivity index (χ4v) is 5.36. The van der Waals surface area contributed by atoms with E-state index in [1.165, 1.54) is 0 Å². The Hall–Kier alpha value is -0.830. The summed E-state index contributed by atoms with van der Waals surface area (Å²) in [4.78, 5) is 11.8. The number of aliphatic hydroxyl groups is 1. The quantitative estimate of drug-likeness (QED) is 0.748. The van der Waals surface area contributed by atoms with Crippen LogP contribution in [-0.2, 0) is 4.79 Å². The summed E-state index contributed by atoms with van der Waals surface area (Å²) >= 11 is 0. The molecular formula is C20H34O3. The molecule has 5 unspecified atom stereocenters. The number of aliphatic hydroxyl groups excluding tert-OH is 1. The number of carboxylic acid groups (broad SMARTS) is 1. The van der Waals surface area contributed by atoms with Crippen molar-refractivity contribution in [3.63, 3.8) is 0 Å². The van der Waals surface area contributed by atoms with Gasteiger partial charge in [0.2, 0.25) is 0 Å². The number of hydrogen-bond acceptors (Lipinski definition) is 2. The van der Waals surface area contributed by atoms with Crippen LogP contribution in [0, 0.1) is 28.6 Å². The monoisotopic (exact) mass is 322 g/mol. The smallest absolute Gasteiger partial charge is 0.331 e. The van der Waals surface area contributed by atoms with Crippen molar-refractivity contribution in [2.45, 2.75) is 72.6 Å². The lowest BCUT2D eigenvalue weighted by atomic mass is 9.46. The molecule has 0 spiro atoms. The van der Waals surface area contributed by atoms with Crippen LogP contribution in [0.15, 0.2) is 11.6 Å². The fourth-order valence-electron chi connectivity index (χ4n) is 5.36. The van der Waals surface area contributed by atoms with Gasteiger partial charge in [0.15, 0.2) is 0 Å². The Morgan fingerprint density at radius 1 is 1.35 bits per heavy atom. The van der Waals surface area contributed by atoms with Gasteiger partial charge in [0.25, 0.3) is 0 Å². The number of rotatable bonds is 6. The number of aliphatic carboxylic acids is 1. The summed E-state index contributed by atoms with van der Waals surface area (Å²) in [6, 6.07) is 0. The van der Waals surface area contributed by atoms with E-state index in [0.29, 0.717) is 23.3 Å². The van der Waals surface area contributed by atoms with Crippen molar-refractivity contribution < 1.29 is 15.0 Å². The first kappa shape index (κ1) is 18.5. The topological polar surface area (TPSA) is 57.5 Å². The van der Waals surface area contributed by atoms with Crippen LogP contribution in [0.3, 0.4) is 0 Å². The molecule has 0 aromatic heterocycles. The zero-order valence-corrected chi connectivity index (χ0v) is 15.3. The zero-order valence-electron chi connectivity index (χ0n) is 15.3. The number of allylic oxidation sites excluding steroid dienone is 1. The van der Waals surface area contributed by atoms with Crippen LogP contribution in [-0.4, -0.2) is 22.8 Å². The number of carbonyl (C=O) groups is 1. The van der Waals surface area contributed by atoms with E-state index >= 15 is 0 Å². The summed E-state index contributed by atoms with van der Waals surface area (Å²) in [5, 5.41) is 18.8. The van der Waals surface area contributed by atoms with Crippen molar-refractivity contribution in [3.8, 4) is 0 Å². The van der Waals surface area contributed by atoms with Crippen molar-refractivity contribution >= 4 is 5.97 Å². The second-order valence-electron chi connectivity index (χ2n) is 8.57. The highest BCUT2D eigenvalue weighted by molar-refractivity contribution is 5.88. The zero-order chi connectivity index (χ0) is 17.3. The summed E-state index contributed by atoms with van der Waals surface area (Å²) in [6.07, 6.45) is 9.24. The summed E-state index contributed by atoms with van der Waals surface area (Å²) in [7, 11) is 0. The van der Waals surface area contributed by atoms with Crippen LogP contribution < -0.4 is 0 Å². The third kappa shape index (κ3) is 3.35. The van der Waals surface area contributed by atoms with Crippen LogP contribution in [0.5, 0.6) is 0 Å².